The molecule has 0 saturated carbocycles. The molecule has 17 heavy (non-hydrogen) atoms. The number of nitrogens with zero attached hydrogens (tertiary/aromatic N) is 1. The van der Waals surface area contributed by atoms with Crippen LogP contribution in [0.4, 0.5) is 4.79 Å². The van der Waals surface area contributed by atoms with Gasteiger partial charge in [-0.25, -0.2) is 4.79 Å². The van der Waals surface area contributed by atoms with E-state index < -0.39 is 11.9 Å². The summed E-state index contributed by atoms with van der Waals surface area (Å²) in [5, 5.41) is 11.6. The maximum absolute atomic E-state index is 11.8. The van der Waals surface area contributed by atoms with Gasteiger partial charge in [0.15, 0.2) is 0 Å². The molecule has 0 bridgehead atoms. The van der Waals surface area contributed by atoms with Gasteiger partial charge >= 0.3 is 12.0 Å². The van der Waals surface area contributed by atoms with E-state index in [2.05, 4.69) is 5.32 Å². The second-order valence-corrected chi connectivity index (χ2v) is 4.91. The Bertz CT molecular complexity index is 300. The molecular formula is C11H20N2O4. The van der Waals surface area contributed by atoms with Gasteiger partial charge in [0.05, 0.1) is 18.1 Å². The topological polar surface area (TPSA) is 78.9 Å². The van der Waals surface area contributed by atoms with Gasteiger partial charge in [0.25, 0.3) is 0 Å². The first-order valence-corrected chi connectivity index (χ1v) is 5.68. The van der Waals surface area contributed by atoms with Crippen LogP contribution in [0, 0.1) is 5.92 Å². The summed E-state index contributed by atoms with van der Waals surface area (Å²) in [7, 11) is 1.59. The van der Waals surface area contributed by atoms with Crippen molar-refractivity contribution in [3.05, 3.63) is 0 Å². The minimum absolute atomic E-state index is 0.193. The van der Waals surface area contributed by atoms with E-state index in [1.165, 1.54) is 4.90 Å². The normalized spacial score (nSPS) is 25.4. The third-order valence-electron chi connectivity index (χ3n) is 2.94. The largest absolute Gasteiger partial charge is 0.481 e. The fourth-order valence-corrected chi connectivity index (χ4v) is 1.69. The van der Waals surface area contributed by atoms with E-state index in [1.807, 2.05) is 6.92 Å². The lowest BCUT2D eigenvalue weighted by molar-refractivity contribution is -0.141. The molecule has 6 nitrogen and oxygen atoms in total. The van der Waals surface area contributed by atoms with Gasteiger partial charge in [-0.15, -0.1) is 0 Å². The molecule has 2 atom stereocenters. The minimum atomic E-state index is -0.903. The Morgan fingerprint density at radius 3 is 2.71 bits per heavy atom. The molecule has 2 amide bonds. The van der Waals surface area contributed by atoms with Crippen LogP contribution >= 0.6 is 0 Å². The summed E-state index contributed by atoms with van der Waals surface area (Å²) in [5.41, 5.74) is -0.336. The lowest BCUT2D eigenvalue weighted by atomic mass is 10.0. The quantitative estimate of drug-likeness (QED) is 0.756. The molecule has 1 saturated heterocycles. The summed E-state index contributed by atoms with van der Waals surface area (Å²) in [6.45, 7) is 4.84. The number of carbonyl (C=O) groups is 2. The highest BCUT2D eigenvalue weighted by Gasteiger charge is 2.32. The summed E-state index contributed by atoms with van der Waals surface area (Å²) in [6, 6.07) is -0.258. The summed E-state index contributed by atoms with van der Waals surface area (Å²) < 4.78 is 5.23. The molecule has 0 aromatic rings. The second kappa shape index (κ2) is 5.35. The lowest BCUT2D eigenvalue weighted by Crippen LogP contribution is -2.52. The van der Waals surface area contributed by atoms with Crippen LogP contribution in [-0.2, 0) is 9.53 Å². The van der Waals surface area contributed by atoms with Crippen molar-refractivity contribution in [2.45, 2.75) is 25.8 Å². The van der Waals surface area contributed by atoms with E-state index in [1.54, 1.807) is 14.0 Å². The van der Waals surface area contributed by atoms with Gasteiger partial charge in [0.1, 0.15) is 0 Å². The van der Waals surface area contributed by atoms with E-state index >= 15 is 0 Å². The zero-order valence-corrected chi connectivity index (χ0v) is 10.5. The van der Waals surface area contributed by atoms with Crippen LogP contribution in [0.5, 0.6) is 0 Å². The maximum atomic E-state index is 11.8. The number of nitrogens with one attached hydrogen (secondary N) is 1. The van der Waals surface area contributed by atoms with Crippen molar-refractivity contribution in [2.24, 2.45) is 5.92 Å². The highest BCUT2D eigenvalue weighted by atomic mass is 16.5. The molecule has 1 aliphatic heterocycles. The van der Waals surface area contributed by atoms with Crippen molar-refractivity contribution in [1.82, 2.24) is 10.2 Å². The van der Waals surface area contributed by atoms with Crippen LogP contribution < -0.4 is 5.32 Å². The smallest absolute Gasteiger partial charge is 0.317 e. The Labute approximate surface area is 101 Å². The molecule has 1 heterocycles. The fraction of sp³-hybridized carbons (Fsp3) is 0.818. The molecule has 0 radical (unpaired) electrons. The van der Waals surface area contributed by atoms with Crippen LogP contribution in [0.25, 0.3) is 0 Å². The third-order valence-corrected chi connectivity index (χ3v) is 2.94. The third kappa shape index (κ3) is 3.89. The molecule has 98 valence electrons. The van der Waals surface area contributed by atoms with Gasteiger partial charge in [0.2, 0.25) is 0 Å². The molecule has 2 unspecified atom stereocenters. The number of aliphatic carboxylic acids is 1. The summed E-state index contributed by atoms with van der Waals surface area (Å²) in [5.74, 6) is -1.47. The molecule has 0 aromatic heterocycles. The van der Waals surface area contributed by atoms with Crippen molar-refractivity contribution in [3.8, 4) is 0 Å². The standard InChI is InChI=1S/C11H20N2O4/c1-8(9(14)15)6-13(3)10(16)12-11(2)4-5-17-7-11/h8H,4-7H2,1-3H3,(H,12,16)(H,14,15). The van der Waals surface area contributed by atoms with Crippen LogP contribution in [0.15, 0.2) is 0 Å². The lowest BCUT2D eigenvalue weighted by Gasteiger charge is -2.28. The van der Waals surface area contributed by atoms with E-state index in [0.717, 1.165) is 6.42 Å². The fourth-order valence-electron chi connectivity index (χ4n) is 1.69. The number of ether oxygens (including phenoxy) is 1. The van der Waals surface area contributed by atoms with Gasteiger partial charge in [-0.1, -0.05) is 6.92 Å². The first-order valence-electron chi connectivity index (χ1n) is 5.68. The Morgan fingerprint density at radius 2 is 2.24 bits per heavy atom. The minimum Gasteiger partial charge on any atom is -0.481 e. The first kappa shape index (κ1) is 13.8. The molecule has 0 aliphatic carbocycles. The van der Waals surface area contributed by atoms with Crippen LogP contribution in [0.2, 0.25) is 0 Å². The zero-order valence-electron chi connectivity index (χ0n) is 10.5. The maximum Gasteiger partial charge on any atom is 0.317 e. The number of rotatable bonds is 4. The average Bonchev–Trinajstić information content (AvgIpc) is 2.64. The summed E-state index contributed by atoms with van der Waals surface area (Å²) in [6.07, 6.45) is 0.779. The number of hydrogen-bond acceptors (Lipinski definition) is 3. The van der Waals surface area contributed by atoms with Crippen molar-refractivity contribution < 1.29 is 19.4 Å². The molecule has 1 aliphatic rings. The number of urea groups is 1. The summed E-state index contributed by atoms with van der Waals surface area (Å²) >= 11 is 0. The SMILES string of the molecule is CC(CN(C)C(=O)NC1(C)CCOC1)C(=O)O. The predicted molar refractivity (Wildman–Crippen MR) is 61.8 cm³/mol. The van der Waals surface area contributed by atoms with Gasteiger partial charge in [-0.05, 0) is 13.3 Å². The highest BCUT2D eigenvalue weighted by Crippen LogP contribution is 2.17. The number of carboxylic acid groups (broad SMARTS) is 1. The van der Waals surface area contributed by atoms with Crippen molar-refractivity contribution >= 4 is 12.0 Å². The summed E-state index contributed by atoms with van der Waals surface area (Å²) in [4.78, 5) is 23.9. The molecule has 1 fully saturated rings. The average molecular weight is 244 g/mol. The monoisotopic (exact) mass is 244 g/mol. The van der Waals surface area contributed by atoms with Crippen molar-refractivity contribution in [1.29, 1.82) is 0 Å². The van der Waals surface area contributed by atoms with E-state index in [9.17, 15) is 9.59 Å². The predicted octanol–water partition coefficient (Wildman–Crippen LogP) is 0.527. The van der Waals surface area contributed by atoms with Crippen LogP contribution in [0.1, 0.15) is 20.3 Å². The molecule has 0 spiro atoms. The Balaban J connectivity index is 2.44. The number of hydrogen-bond donors (Lipinski definition) is 2. The Hall–Kier alpha value is -1.30. The molecule has 2 N–H and O–H groups in total. The number of carboxylic acids is 1. The van der Waals surface area contributed by atoms with Crippen molar-refractivity contribution in [2.75, 3.05) is 26.8 Å². The van der Waals surface area contributed by atoms with Crippen molar-refractivity contribution in [3.63, 3.8) is 0 Å². The van der Waals surface area contributed by atoms with Gasteiger partial charge in [0, 0.05) is 20.2 Å². The van der Waals surface area contributed by atoms with Crippen LogP contribution in [0.3, 0.4) is 0 Å². The Kier molecular flexibility index (Phi) is 4.34. The van der Waals surface area contributed by atoms with Gasteiger partial charge < -0.3 is 20.1 Å². The first-order chi connectivity index (χ1) is 7.84. The highest BCUT2D eigenvalue weighted by molar-refractivity contribution is 5.76. The number of carbonyl (C=O) groups excluding carboxylic acids is 1. The Morgan fingerprint density at radius 1 is 1.59 bits per heavy atom. The second-order valence-electron chi connectivity index (χ2n) is 4.91. The number of amides is 2. The van der Waals surface area contributed by atoms with E-state index in [-0.39, 0.29) is 18.1 Å². The van der Waals surface area contributed by atoms with E-state index in [0.29, 0.717) is 13.2 Å². The van der Waals surface area contributed by atoms with Gasteiger partial charge in [-0.3, -0.25) is 4.79 Å². The van der Waals surface area contributed by atoms with E-state index in [4.69, 9.17) is 9.84 Å². The molecule has 6 heteroatoms. The molecular weight excluding hydrogens is 224 g/mol. The zero-order chi connectivity index (χ0) is 13.1. The van der Waals surface area contributed by atoms with Gasteiger partial charge in [-0.2, -0.15) is 0 Å². The van der Waals surface area contributed by atoms with Crippen LogP contribution in [-0.4, -0.2) is 54.4 Å². The molecule has 1 rings (SSSR count). The molecule has 0 aromatic carbocycles.